The zero-order chi connectivity index (χ0) is 26.7. The first kappa shape index (κ1) is 26.7. The molecule has 192 valence electrons. The molecular weight excluding hydrogens is 506 g/mol. The molecule has 0 bridgehead atoms. The number of anilines is 1. The molecule has 0 radical (unpaired) electrons. The fourth-order valence-corrected chi connectivity index (χ4v) is 5.26. The van der Waals surface area contributed by atoms with Gasteiger partial charge in [-0.15, -0.1) is 6.42 Å². The van der Waals surface area contributed by atoms with Crippen LogP contribution in [0.1, 0.15) is 23.1 Å². The molecule has 0 aliphatic carbocycles. The lowest BCUT2D eigenvalue weighted by atomic mass is 10.00. The van der Waals surface area contributed by atoms with Gasteiger partial charge in [0.05, 0.1) is 11.9 Å². The molecule has 10 nitrogen and oxygen atoms in total. The third-order valence-electron chi connectivity index (χ3n) is 4.92. The number of guanidine groups is 1. The number of carbonyl (C=O) groups is 1. The summed E-state index contributed by atoms with van der Waals surface area (Å²) in [5.41, 5.74) is 3.64. The highest BCUT2D eigenvalue weighted by Crippen LogP contribution is 2.34. The number of amides is 1. The third kappa shape index (κ3) is 6.00. The highest BCUT2D eigenvalue weighted by atomic mass is 32.2. The molecule has 1 amide bonds. The van der Waals surface area contributed by atoms with Gasteiger partial charge in [0.25, 0.3) is 5.91 Å². The summed E-state index contributed by atoms with van der Waals surface area (Å²) in [6.45, 7) is -0.360. The first-order valence-electron chi connectivity index (χ1n) is 10.1. The van der Waals surface area contributed by atoms with E-state index < -0.39 is 57.3 Å². The maximum absolute atomic E-state index is 14.8. The van der Waals surface area contributed by atoms with Crippen LogP contribution in [0.15, 0.2) is 39.8 Å². The van der Waals surface area contributed by atoms with Crippen molar-refractivity contribution in [2.45, 2.75) is 18.6 Å². The highest BCUT2D eigenvalue weighted by molar-refractivity contribution is 7.92. The average molecular weight is 528 g/mol. The second kappa shape index (κ2) is 9.97. The summed E-state index contributed by atoms with van der Waals surface area (Å²) in [4.78, 5) is 24.7. The predicted octanol–water partition coefficient (Wildman–Crippen LogP) is 2.30. The Kier molecular flexibility index (Phi) is 7.39. The molecule has 3 heterocycles. The van der Waals surface area contributed by atoms with Crippen molar-refractivity contribution in [3.63, 3.8) is 0 Å². The highest BCUT2D eigenvalue weighted by Gasteiger charge is 2.42. The largest absolute Gasteiger partial charge is 0.479 e. The molecule has 36 heavy (non-hydrogen) atoms. The number of carbonyl (C=O) groups excluding carboxylic acids is 1. The van der Waals surface area contributed by atoms with Gasteiger partial charge in [-0.25, -0.2) is 27.9 Å². The number of nitrogens with one attached hydrogen (secondary N) is 1. The molecule has 1 aliphatic rings. The van der Waals surface area contributed by atoms with E-state index in [9.17, 15) is 26.6 Å². The van der Waals surface area contributed by atoms with Crippen molar-refractivity contribution in [2.24, 2.45) is 15.1 Å². The van der Waals surface area contributed by atoms with E-state index in [1.807, 2.05) is 0 Å². The van der Waals surface area contributed by atoms with Crippen LogP contribution in [0.5, 0.6) is 5.75 Å². The third-order valence-corrected chi connectivity index (χ3v) is 7.43. The molecule has 0 spiro atoms. The number of pyridine rings is 2. The zero-order valence-corrected chi connectivity index (χ0v) is 19.9. The number of aromatic nitrogens is 2. The monoisotopic (exact) mass is 527 g/mol. The molecule has 15 heteroatoms. The van der Waals surface area contributed by atoms with E-state index in [-0.39, 0.29) is 18.1 Å². The summed E-state index contributed by atoms with van der Waals surface area (Å²) in [6, 6.07) is 4.98. The van der Waals surface area contributed by atoms with Crippen molar-refractivity contribution in [1.82, 2.24) is 14.3 Å². The second-order valence-electron chi connectivity index (χ2n) is 7.75. The summed E-state index contributed by atoms with van der Waals surface area (Å²) >= 11 is 0. The lowest BCUT2D eigenvalue weighted by molar-refractivity contribution is -0.117. The van der Waals surface area contributed by atoms with Crippen molar-refractivity contribution in [1.29, 1.82) is 0 Å². The summed E-state index contributed by atoms with van der Waals surface area (Å²) in [6.07, 6.45) is 1.69. The first-order valence-corrected chi connectivity index (χ1v) is 11.8. The maximum atomic E-state index is 14.8. The molecule has 0 fully saturated rings. The number of hydrogen-bond acceptors (Lipinski definition) is 8. The molecule has 2 aromatic heterocycles. The van der Waals surface area contributed by atoms with E-state index in [2.05, 4.69) is 30.6 Å². The number of rotatable bonds is 6. The van der Waals surface area contributed by atoms with Gasteiger partial charge < -0.3 is 15.8 Å². The van der Waals surface area contributed by atoms with Gasteiger partial charge in [0, 0.05) is 7.05 Å². The Balaban J connectivity index is 1.91. The van der Waals surface area contributed by atoms with Gasteiger partial charge in [0.1, 0.15) is 57.4 Å². The van der Waals surface area contributed by atoms with Crippen molar-refractivity contribution < 1.29 is 31.3 Å². The number of ether oxygens (including phenoxy) is 1. The fourth-order valence-electron chi connectivity index (χ4n) is 3.19. The van der Waals surface area contributed by atoms with Crippen molar-refractivity contribution in [2.75, 3.05) is 31.3 Å². The SMILES string of the molecule is C#CCOc1ccc(C(=O)Nc2ccc(F)c([C@]3(C)C[S@@](=O)(=NCC(F)(F)F)N(C)C(N)=N3)n2)nc1. The Morgan fingerprint density at radius 2 is 2.11 bits per heavy atom. The molecule has 3 rings (SSSR count). The molecule has 2 atom stereocenters. The van der Waals surface area contributed by atoms with Crippen LogP contribution in [0.25, 0.3) is 0 Å². The van der Waals surface area contributed by atoms with Crippen LogP contribution in [0, 0.1) is 18.2 Å². The number of terminal acetylenes is 1. The van der Waals surface area contributed by atoms with Crippen LogP contribution in [-0.2, 0) is 15.5 Å². The van der Waals surface area contributed by atoms with E-state index in [1.165, 1.54) is 32.3 Å². The topological polar surface area (TPSA) is 135 Å². The number of alkyl halides is 3. The minimum atomic E-state index is -4.71. The van der Waals surface area contributed by atoms with Crippen LogP contribution >= 0.6 is 0 Å². The summed E-state index contributed by atoms with van der Waals surface area (Å²) in [7, 11) is -2.58. The van der Waals surface area contributed by atoms with E-state index >= 15 is 0 Å². The normalized spacial score (nSPS) is 21.8. The molecule has 0 aromatic carbocycles. The lowest BCUT2D eigenvalue weighted by Gasteiger charge is -2.36. The van der Waals surface area contributed by atoms with Crippen molar-refractivity contribution in [3.8, 4) is 18.1 Å². The zero-order valence-electron chi connectivity index (χ0n) is 19.0. The number of nitrogens with two attached hydrogens (primary N) is 1. The summed E-state index contributed by atoms with van der Waals surface area (Å²) in [5.74, 6) is -0.112. The van der Waals surface area contributed by atoms with Gasteiger partial charge in [0.2, 0.25) is 5.96 Å². The quantitative estimate of drug-likeness (QED) is 0.437. The van der Waals surface area contributed by atoms with E-state index in [4.69, 9.17) is 16.9 Å². The Morgan fingerprint density at radius 3 is 2.72 bits per heavy atom. The van der Waals surface area contributed by atoms with Crippen LogP contribution in [-0.4, -0.2) is 62.5 Å². The van der Waals surface area contributed by atoms with Crippen LogP contribution < -0.4 is 15.8 Å². The molecule has 0 unspecified atom stereocenters. The number of aliphatic imine (C=N–C) groups is 1. The minimum absolute atomic E-state index is 0.0162. The van der Waals surface area contributed by atoms with E-state index in [1.54, 1.807) is 0 Å². The molecule has 3 N–H and O–H groups in total. The average Bonchev–Trinajstić information content (AvgIpc) is 2.81. The maximum Gasteiger partial charge on any atom is 0.408 e. The molecule has 2 aromatic rings. The van der Waals surface area contributed by atoms with Gasteiger partial charge in [-0.2, -0.15) is 13.2 Å². The van der Waals surface area contributed by atoms with Gasteiger partial charge in [-0.05, 0) is 31.2 Å². The van der Waals surface area contributed by atoms with Crippen molar-refractivity contribution in [3.05, 3.63) is 47.7 Å². The van der Waals surface area contributed by atoms with Crippen LogP contribution in [0.4, 0.5) is 23.4 Å². The van der Waals surface area contributed by atoms with Gasteiger partial charge in [-0.1, -0.05) is 5.92 Å². The Labute approximate surface area is 204 Å². The van der Waals surface area contributed by atoms with Crippen LogP contribution in [0.2, 0.25) is 0 Å². The molecule has 1 aliphatic heterocycles. The minimum Gasteiger partial charge on any atom is -0.479 e. The smallest absolute Gasteiger partial charge is 0.408 e. The van der Waals surface area contributed by atoms with Crippen molar-refractivity contribution >= 4 is 27.6 Å². The van der Waals surface area contributed by atoms with Gasteiger partial charge >= 0.3 is 6.18 Å². The standard InChI is InChI=1S/C21H21F4N7O3S/c1-4-9-35-13-5-7-15(27-10-13)18(33)30-16-8-6-14(22)17(29-16)20(2)12-36(34,28-11-21(23,24)25)32(3)19(26)31-20/h1,5-8,10H,9,11-12H2,2-3H3,(H2,26,31)(H,29,30,33)/t20-,36+/m0/s1. The Morgan fingerprint density at radius 1 is 1.39 bits per heavy atom. The lowest BCUT2D eigenvalue weighted by Crippen LogP contribution is -2.51. The summed E-state index contributed by atoms with van der Waals surface area (Å²) < 4.78 is 75.7. The summed E-state index contributed by atoms with van der Waals surface area (Å²) in [5, 5.41) is 2.44. The van der Waals surface area contributed by atoms with Gasteiger partial charge in [-0.3, -0.25) is 9.10 Å². The number of halogens is 4. The fraction of sp³-hybridized carbons (Fsp3) is 0.333. The second-order valence-corrected chi connectivity index (χ2v) is 10.1. The molecule has 0 saturated carbocycles. The Hall–Kier alpha value is -3.93. The number of nitrogens with zero attached hydrogens (tertiary/aromatic N) is 5. The van der Waals surface area contributed by atoms with E-state index in [0.29, 0.717) is 5.75 Å². The van der Waals surface area contributed by atoms with E-state index in [0.717, 1.165) is 16.4 Å². The van der Waals surface area contributed by atoms with Crippen LogP contribution in [0.3, 0.4) is 0 Å². The molecular formula is C21H21F4N7O3S. The number of hydrogen-bond donors (Lipinski definition) is 2. The molecule has 0 saturated heterocycles. The first-order chi connectivity index (χ1) is 16.8. The Bertz CT molecular complexity index is 1350. The predicted molar refractivity (Wildman–Crippen MR) is 124 cm³/mol. The van der Waals surface area contributed by atoms with Gasteiger partial charge in [0.15, 0.2) is 0 Å².